The van der Waals surface area contributed by atoms with Crippen molar-refractivity contribution in [2.24, 2.45) is 0 Å². The zero-order valence-corrected chi connectivity index (χ0v) is 16.8. The molecule has 0 atom stereocenters. The number of fused-ring (bicyclic) bond motifs is 1. The molecular formula is C21H19Cl2N3O2. The van der Waals surface area contributed by atoms with E-state index in [4.69, 9.17) is 23.2 Å². The molecule has 1 aromatic heterocycles. The van der Waals surface area contributed by atoms with Gasteiger partial charge in [-0.25, -0.2) is 0 Å². The Hall–Kier alpha value is -2.63. The summed E-state index contributed by atoms with van der Waals surface area (Å²) in [4.78, 5) is 31.4. The molecule has 5 nitrogen and oxygen atoms in total. The van der Waals surface area contributed by atoms with E-state index in [9.17, 15) is 9.59 Å². The molecule has 0 aliphatic carbocycles. The number of hydrogen-bond acceptors (Lipinski definition) is 3. The lowest BCUT2D eigenvalue weighted by Gasteiger charge is -2.22. The lowest BCUT2D eigenvalue weighted by Crippen LogP contribution is -2.39. The van der Waals surface area contributed by atoms with Crippen LogP contribution in [0.1, 0.15) is 23.8 Å². The molecule has 2 amide bonds. The summed E-state index contributed by atoms with van der Waals surface area (Å²) in [6, 6.07) is 14.2. The van der Waals surface area contributed by atoms with Gasteiger partial charge >= 0.3 is 0 Å². The summed E-state index contributed by atoms with van der Waals surface area (Å²) in [6.45, 7) is 2.28. The van der Waals surface area contributed by atoms with Crippen LogP contribution in [0.4, 0.5) is 5.69 Å². The Morgan fingerprint density at radius 3 is 2.64 bits per heavy atom. The van der Waals surface area contributed by atoms with E-state index in [-0.39, 0.29) is 18.4 Å². The molecule has 0 aliphatic rings. The number of rotatable bonds is 6. The maximum absolute atomic E-state index is 13.1. The number of pyridine rings is 1. The predicted molar refractivity (Wildman–Crippen MR) is 113 cm³/mol. The van der Waals surface area contributed by atoms with Crippen LogP contribution in [0.5, 0.6) is 0 Å². The molecule has 0 saturated carbocycles. The van der Waals surface area contributed by atoms with E-state index in [0.29, 0.717) is 34.4 Å². The van der Waals surface area contributed by atoms with Gasteiger partial charge in [-0.1, -0.05) is 54.4 Å². The molecule has 3 rings (SSSR count). The van der Waals surface area contributed by atoms with E-state index in [1.54, 1.807) is 24.4 Å². The quantitative estimate of drug-likeness (QED) is 0.613. The summed E-state index contributed by atoms with van der Waals surface area (Å²) >= 11 is 12.0. The van der Waals surface area contributed by atoms with E-state index in [2.05, 4.69) is 10.3 Å². The number of anilines is 1. The van der Waals surface area contributed by atoms with E-state index in [1.807, 2.05) is 37.3 Å². The summed E-state index contributed by atoms with van der Waals surface area (Å²) in [5.74, 6) is -0.623. The van der Waals surface area contributed by atoms with Crippen molar-refractivity contribution in [2.45, 2.75) is 13.3 Å². The number of hydrogen-bond donors (Lipinski definition) is 1. The van der Waals surface area contributed by atoms with Crippen molar-refractivity contribution in [1.82, 2.24) is 9.88 Å². The summed E-state index contributed by atoms with van der Waals surface area (Å²) in [7, 11) is 0. The normalized spacial score (nSPS) is 10.7. The maximum atomic E-state index is 13.1. The molecule has 3 aromatic rings. The molecule has 0 aliphatic heterocycles. The third-order valence-corrected chi connectivity index (χ3v) is 4.74. The topological polar surface area (TPSA) is 62.3 Å². The molecule has 7 heteroatoms. The van der Waals surface area contributed by atoms with Crippen LogP contribution in [-0.4, -0.2) is 34.8 Å². The fraction of sp³-hybridized carbons (Fsp3) is 0.190. The molecule has 1 heterocycles. The average molecular weight is 416 g/mol. The van der Waals surface area contributed by atoms with Crippen molar-refractivity contribution >= 4 is 51.5 Å². The van der Waals surface area contributed by atoms with Gasteiger partial charge in [0.25, 0.3) is 5.91 Å². The smallest absolute Gasteiger partial charge is 0.273 e. The van der Waals surface area contributed by atoms with Crippen LogP contribution < -0.4 is 5.32 Å². The number of aromatic nitrogens is 1. The fourth-order valence-corrected chi connectivity index (χ4v) is 3.37. The summed E-state index contributed by atoms with van der Waals surface area (Å²) in [6.07, 6.45) is 2.32. The highest BCUT2D eigenvalue weighted by Gasteiger charge is 2.21. The monoisotopic (exact) mass is 415 g/mol. The summed E-state index contributed by atoms with van der Waals surface area (Å²) < 4.78 is 0. The second-order valence-corrected chi connectivity index (χ2v) is 7.12. The van der Waals surface area contributed by atoms with Crippen LogP contribution in [-0.2, 0) is 4.79 Å². The van der Waals surface area contributed by atoms with Crippen LogP contribution >= 0.6 is 23.2 Å². The summed E-state index contributed by atoms with van der Waals surface area (Å²) in [5.41, 5.74) is 0.784. The van der Waals surface area contributed by atoms with E-state index in [0.717, 1.165) is 10.8 Å². The van der Waals surface area contributed by atoms with Gasteiger partial charge in [0.15, 0.2) is 0 Å². The second-order valence-electron chi connectivity index (χ2n) is 6.28. The molecule has 0 bridgehead atoms. The predicted octanol–water partition coefficient (Wildman–Crippen LogP) is 5.03. The van der Waals surface area contributed by atoms with Gasteiger partial charge in [-0.3, -0.25) is 14.6 Å². The third kappa shape index (κ3) is 4.61. The third-order valence-electron chi connectivity index (χ3n) is 4.20. The standard InChI is InChI=1S/C21H19Cl2N3O2/c1-2-11-26(13-19(27)25-18-8-7-15(22)12-17(18)23)21(28)20-16-6-4-3-5-14(16)9-10-24-20/h3-10,12H,2,11,13H2,1H3,(H,25,27). The molecule has 144 valence electrons. The van der Waals surface area contributed by atoms with Crippen LogP contribution in [0, 0.1) is 0 Å². The zero-order chi connectivity index (χ0) is 20.1. The zero-order valence-electron chi connectivity index (χ0n) is 15.3. The lowest BCUT2D eigenvalue weighted by molar-refractivity contribution is -0.116. The molecule has 0 spiro atoms. The molecule has 0 radical (unpaired) electrons. The van der Waals surface area contributed by atoms with Crippen molar-refractivity contribution in [3.63, 3.8) is 0 Å². The van der Waals surface area contributed by atoms with E-state index < -0.39 is 0 Å². The van der Waals surface area contributed by atoms with Gasteiger partial charge in [0, 0.05) is 23.2 Å². The van der Waals surface area contributed by atoms with Crippen molar-refractivity contribution < 1.29 is 9.59 Å². The lowest BCUT2D eigenvalue weighted by atomic mass is 10.1. The van der Waals surface area contributed by atoms with Gasteiger partial charge in [-0.05, 0) is 36.1 Å². The van der Waals surface area contributed by atoms with E-state index in [1.165, 1.54) is 4.90 Å². The molecule has 2 aromatic carbocycles. The first-order chi connectivity index (χ1) is 13.5. The van der Waals surface area contributed by atoms with Crippen LogP contribution in [0.25, 0.3) is 10.8 Å². The molecule has 0 unspecified atom stereocenters. The Labute approximate surface area is 173 Å². The Balaban J connectivity index is 1.80. The van der Waals surface area contributed by atoms with Crippen molar-refractivity contribution in [1.29, 1.82) is 0 Å². The first-order valence-corrected chi connectivity index (χ1v) is 9.63. The van der Waals surface area contributed by atoms with Gasteiger partial charge in [0.1, 0.15) is 12.2 Å². The number of benzene rings is 2. The van der Waals surface area contributed by atoms with Crippen LogP contribution in [0.15, 0.2) is 54.7 Å². The van der Waals surface area contributed by atoms with Gasteiger partial charge in [-0.2, -0.15) is 0 Å². The second kappa shape index (κ2) is 9.04. The molecule has 28 heavy (non-hydrogen) atoms. The summed E-state index contributed by atoms with van der Waals surface area (Å²) in [5, 5.41) is 5.23. The number of nitrogens with one attached hydrogen (secondary N) is 1. The Bertz CT molecular complexity index is 1020. The van der Waals surface area contributed by atoms with Crippen molar-refractivity contribution in [3.05, 3.63) is 70.5 Å². The van der Waals surface area contributed by atoms with Gasteiger partial charge in [0.2, 0.25) is 5.91 Å². The minimum Gasteiger partial charge on any atom is -0.328 e. The highest BCUT2D eigenvalue weighted by atomic mass is 35.5. The number of carbonyl (C=O) groups is 2. The van der Waals surface area contributed by atoms with Crippen LogP contribution in [0.2, 0.25) is 10.0 Å². The number of amides is 2. The number of nitrogens with zero attached hydrogens (tertiary/aromatic N) is 2. The van der Waals surface area contributed by atoms with Gasteiger partial charge < -0.3 is 10.2 Å². The SMILES string of the molecule is CCCN(CC(=O)Nc1ccc(Cl)cc1Cl)C(=O)c1nccc2ccccc12. The average Bonchev–Trinajstić information content (AvgIpc) is 2.69. The largest absolute Gasteiger partial charge is 0.328 e. The minimum absolute atomic E-state index is 0.101. The molecule has 0 fully saturated rings. The minimum atomic E-state index is -0.341. The molecular weight excluding hydrogens is 397 g/mol. The highest BCUT2D eigenvalue weighted by molar-refractivity contribution is 6.36. The Morgan fingerprint density at radius 1 is 1.11 bits per heavy atom. The van der Waals surface area contributed by atoms with Crippen molar-refractivity contribution in [3.8, 4) is 0 Å². The number of carbonyl (C=O) groups excluding carboxylic acids is 2. The van der Waals surface area contributed by atoms with Gasteiger partial charge in [0.05, 0.1) is 10.7 Å². The Kier molecular flexibility index (Phi) is 6.49. The number of halogens is 2. The maximum Gasteiger partial charge on any atom is 0.273 e. The first-order valence-electron chi connectivity index (χ1n) is 8.87. The van der Waals surface area contributed by atoms with Gasteiger partial charge in [-0.15, -0.1) is 0 Å². The highest BCUT2D eigenvalue weighted by Crippen LogP contribution is 2.25. The van der Waals surface area contributed by atoms with Crippen molar-refractivity contribution in [2.75, 3.05) is 18.4 Å². The first kappa shape index (κ1) is 20.1. The van der Waals surface area contributed by atoms with Crippen LogP contribution in [0.3, 0.4) is 0 Å². The van der Waals surface area contributed by atoms with E-state index >= 15 is 0 Å². The molecule has 0 saturated heterocycles. The molecule has 1 N–H and O–H groups in total. The fourth-order valence-electron chi connectivity index (χ4n) is 2.92. The Morgan fingerprint density at radius 2 is 1.89 bits per heavy atom.